The summed E-state index contributed by atoms with van der Waals surface area (Å²) in [4.78, 5) is 14.9. The number of hydrogen-bond donors (Lipinski definition) is 1. The minimum absolute atomic E-state index is 0.111. The number of rotatable bonds is 2. The Morgan fingerprint density at radius 1 is 0.964 bits per heavy atom. The van der Waals surface area contributed by atoms with Crippen molar-refractivity contribution in [2.45, 2.75) is 31.3 Å². The number of benzene rings is 3. The van der Waals surface area contributed by atoms with Crippen molar-refractivity contribution < 1.29 is 4.79 Å². The van der Waals surface area contributed by atoms with Crippen LogP contribution in [0.5, 0.6) is 0 Å². The molecule has 3 nitrogen and oxygen atoms in total. The number of nitrogens with zero attached hydrogens (tertiary/aromatic N) is 1. The van der Waals surface area contributed by atoms with Crippen LogP contribution in [0.15, 0.2) is 72.8 Å². The summed E-state index contributed by atoms with van der Waals surface area (Å²) < 4.78 is 0. The van der Waals surface area contributed by atoms with E-state index in [1.165, 1.54) is 27.6 Å². The van der Waals surface area contributed by atoms with Crippen LogP contribution in [0.2, 0.25) is 0 Å². The van der Waals surface area contributed by atoms with Gasteiger partial charge in [-0.3, -0.25) is 4.79 Å². The largest absolute Gasteiger partial charge is 0.344 e. The topological polar surface area (TPSA) is 32.3 Å². The Labute approximate surface area is 165 Å². The van der Waals surface area contributed by atoms with E-state index in [1.54, 1.807) is 0 Å². The van der Waals surface area contributed by atoms with Crippen molar-refractivity contribution in [2.24, 2.45) is 0 Å². The standard InChI is InChI=1S/C25H24N2O/c1-24(2)21-12-5-6-13-22(21)27-17-15-23(28)26-25(24,27)16-14-19-10-7-9-18-8-3-4-11-20(18)19/h3-14,16H,15,17H2,1-2H3,(H,26,28)/b16-14+/t25-/m1/s1. The van der Waals surface area contributed by atoms with E-state index in [-0.39, 0.29) is 11.3 Å². The summed E-state index contributed by atoms with van der Waals surface area (Å²) in [5, 5.41) is 5.79. The lowest BCUT2D eigenvalue weighted by Crippen LogP contribution is -2.68. The van der Waals surface area contributed by atoms with Gasteiger partial charge in [0.25, 0.3) is 0 Å². The van der Waals surface area contributed by atoms with Crippen molar-refractivity contribution in [3.05, 3.63) is 83.9 Å². The van der Waals surface area contributed by atoms with Crippen molar-refractivity contribution >= 4 is 28.4 Å². The lowest BCUT2D eigenvalue weighted by Gasteiger charge is -2.49. The minimum Gasteiger partial charge on any atom is -0.344 e. The molecule has 2 aliphatic rings. The number of hydrogen-bond acceptors (Lipinski definition) is 2. The molecule has 1 fully saturated rings. The number of amides is 1. The zero-order chi connectivity index (χ0) is 19.4. The summed E-state index contributed by atoms with van der Waals surface area (Å²) in [5.41, 5.74) is 2.85. The van der Waals surface area contributed by atoms with Gasteiger partial charge in [0.15, 0.2) is 0 Å². The fraction of sp³-hybridized carbons (Fsp3) is 0.240. The quantitative estimate of drug-likeness (QED) is 0.700. The van der Waals surface area contributed by atoms with Crippen molar-refractivity contribution in [1.82, 2.24) is 5.32 Å². The van der Waals surface area contributed by atoms with E-state index in [0.29, 0.717) is 6.42 Å². The lowest BCUT2D eigenvalue weighted by molar-refractivity contribution is -0.124. The molecule has 0 radical (unpaired) electrons. The predicted octanol–water partition coefficient (Wildman–Crippen LogP) is 4.87. The Balaban J connectivity index is 1.67. The van der Waals surface area contributed by atoms with E-state index in [0.717, 1.165) is 6.54 Å². The monoisotopic (exact) mass is 368 g/mol. The SMILES string of the molecule is CC1(C)c2ccccc2N2CCC(=O)N[C@]21/C=C/c1cccc2ccccc12. The third-order valence-corrected chi connectivity index (χ3v) is 6.47. The molecule has 2 aliphatic heterocycles. The molecule has 0 bridgehead atoms. The summed E-state index contributed by atoms with van der Waals surface area (Å²) in [5.74, 6) is 0.111. The Hall–Kier alpha value is -3.07. The first-order valence-corrected chi connectivity index (χ1v) is 9.88. The van der Waals surface area contributed by atoms with Gasteiger partial charge in [0.2, 0.25) is 5.91 Å². The Morgan fingerprint density at radius 2 is 1.71 bits per heavy atom. The van der Waals surface area contributed by atoms with Gasteiger partial charge in [-0.1, -0.05) is 80.6 Å². The summed E-state index contributed by atoms with van der Waals surface area (Å²) in [6.45, 7) is 5.18. The van der Waals surface area contributed by atoms with Crippen LogP contribution in [-0.2, 0) is 10.2 Å². The van der Waals surface area contributed by atoms with Gasteiger partial charge in [-0.15, -0.1) is 0 Å². The molecule has 5 rings (SSSR count). The zero-order valence-electron chi connectivity index (χ0n) is 16.3. The molecular formula is C25H24N2O. The Bertz CT molecular complexity index is 1110. The van der Waals surface area contributed by atoms with Crippen molar-refractivity contribution in [3.63, 3.8) is 0 Å². The van der Waals surface area contributed by atoms with Gasteiger partial charge in [0, 0.05) is 24.1 Å². The molecule has 0 spiro atoms. The Kier molecular flexibility index (Phi) is 3.63. The molecule has 0 aliphatic carbocycles. The van der Waals surface area contributed by atoms with E-state index < -0.39 is 5.66 Å². The van der Waals surface area contributed by atoms with Gasteiger partial charge >= 0.3 is 0 Å². The number of para-hydroxylation sites is 1. The highest BCUT2D eigenvalue weighted by atomic mass is 16.2. The normalized spacial score (nSPS) is 22.9. The smallest absolute Gasteiger partial charge is 0.223 e. The third kappa shape index (κ3) is 2.26. The molecule has 2 heterocycles. The maximum atomic E-state index is 12.5. The summed E-state index contributed by atoms with van der Waals surface area (Å²) in [6.07, 6.45) is 4.90. The van der Waals surface area contributed by atoms with E-state index >= 15 is 0 Å². The molecule has 0 saturated carbocycles. The van der Waals surface area contributed by atoms with Crippen molar-refractivity contribution in [1.29, 1.82) is 0 Å². The highest BCUT2D eigenvalue weighted by molar-refractivity contribution is 5.91. The lowest BCUT2D eigenvalue weighted by atomic mass is 9.74. The average Bonchev–Trinajstić information content (AvgIpc) is 2.90. The predicted molar refractivity (Wildman–Crippen MR) is 115 cm³/mol. The van der Waals surface area contributed by atoms with Crippen LogP contribution in [0.4, 0.5) is 5.69 Å². The molecule has 0 unspecified atom stereocenters. The number of fused-ring (bicyclic) bond motifs is 4. The Morgan fingerprint density at radius 3 is 2.61 bits per heavy atom. The van der Waals surface area contributed by atoms with Gasteiger partial charge in [0.05, 0.1) is 0 Å². The molecular weight excluding hydrogens is 344 g/mol. The number of nitrogens with one attached hydrogen (secondary N) is 1. The molecule has 28 heavy (non-hydrogen) atoms. The van der Waals surface area contributed by atoms with Crippen molar-refractivity contribution in [2.75, 3.05) is 11.4 Å². The number of anilines is 1. The highest BCUT2D eigenvalue weighted by Gasteiger charge is 2.57. The second kappa shape index (κ2) is 5.96. The van der Waals surface area contributed by atoms with Crippen LogP contribution in [0, 0.1) is 0 Å². The molecule has 3 heteroatoms. The van der Waals surface area contributed by atoms with E-state index in [4.69, 9.17) is 0 Å². The average molecular weight is 368 g/mol. The van der Waals surface area contributed by atoms with Gasteiger partial charge in [-0.2, -0.15) is 0 Å². The van der Waals surface area contributed by atoms with Gasteiger partial charge in [-0.05, 0) is 34.0 Å². The van der Waals surface area contributed by atoms with Gasteiger partial charge in [-0.25, -0.2) is 0 Å². The number of carbonyl (C=O) groups excluding carboxylic acids is 1. The van der Waals surface area contributed by atoms with Crippen LogP contribution in [0.1, 0.15) is 31.4 Å². The fourth-order valence-corrected chi connectivity index (χ4v) is 4.93. The first kappa shape index (κ1) is 17.1. The van der Waals surface area contributed by atoms with Crippen LogP contribution in [-0.4, -0.2) is 18.1 Å². The van der Waals surface area contributed by atoms with Crippen LogP contribution in [0.25, 0.3) is 16.8 Å². The second-order valence-electron chi connectivity index (χ2n) is 8.26. The number of carbonyl (C=O) groups is 1. The van der Waals surface area contributed by atoms with Crippen molar-refractivity contribution in [3.8, 4) is 0 Å². The first-order chi connectivity index (χ1) is 13.5. The van der Waals surface area contributed by atoms with Gasteiger partial charge < -0.3 is 10.2 Å². The zero-order valence-corrected chi connectivity index (χ0v) is 16.3. The minimum atomic E-state index is -0.567. The summed E-state index contributed by atoms with van der Waals surface area (Å²) in [7, 11) is 0. The molecule has 1 N–H and O–H groups in total. The molecule has 3 aromatic carbocycles. The molecule has 0 aromatic heterocycles. The third-order valence-electron chi connectivity index (χ3n) is 6.47. The fourth-order valence-electron chi connectivity index (χ4n) is 4.93. The molecule has 3 aromatic rings. The molecule has 1 amide bonds. The van der Waals surface area contributed by atoms with Crippen LogP contribution >= 0.6 is 0 Å². The molecule has 140 valence electrons. The maximum Gasteiger partial charge on any atom is 0.223 e. The van der Waals surface area contributed by atoms with Crippen LogP contribution < -0.4 is 10.2 Å². The molecule has 1 atom stereocenters. The second-order valence-corrected chi connectivity index (χ2v) is 8.26. The van der Waals surface area contributed by atoms with E-state index in [9.17, 15) is 4.79 Å². The van der Waals surface area contributed by atoms with E-state index in [1.807, 2.05) is 0 Å². The first-order valence-electron chi connectivity index (χ1n) is 9.88. The van der Waals surface area contributed by atoms with E-state index in [2.05, 4.69) is 103 Å². The summed E-state index contributed by atoms with van der Waals surface area (Å²) in [6, 6.07) is 23.3. The highest BCUT2D eigenvalue weighted by Crippen LogP contribution is 2.52. The van der Waals surface area contributed by atoms with Gasteiger partial charge in [0.1, 0.15) is 5.66 Å². The molecule has 1 saturated heterocycles. The van der Waals surface area contributed by atoms with Crippen LogP contribution in [0.3, 0.4) is 0 Å². The maximum absolute atomic E-state index is 12.5. The summed E-state index contributed by atoms with van der Waals surface area (Å²) >= 11 is 0.